The van der Waals surface area contributed by atoms with Crippen LogP contribution < -0.4 is 5.43 Å². The van der Waals surface area contributed by atoms with E-state index in [0.717, 1.165) is 0 Å². The molecule has 3 N–H and O–H groups in total. The lowest BCUT2D eigenvalue weighted by Gasteiger charge is -2.24. The molecule has 0 saturated carbocycles. The number of nitrogens with zero attached hydrogens (tertiary/aromatic N) is 2. The Morgan fingerprint density at radius 1 is 1.36 bits per heavy atom. The minimum Gasteiger partial charge on any atom is -0.503 e. The van der Waals surface area contributed by atoms with Crippen molar-refractivity contribution in [2.45, 2.75) is 33.0 Å². The Kier molecular flexibility index (Phi) is 8.11. The first-order valence-electron chi connectivity index (χ1n) is 7.46. The average Bonchev–Trinajstić information content (AvgIpc) is 2.52. The second-order valence-electron chi connectivity index (χ2n) is 5.04. The highest BCUT2D eigenvalue weighted by Crippen LogP contribution is 2.18. The van der Waals surface area contributed by atoms with Crippen LogP contribution in [0, 0.1) is 0 Å². The minimum atomic E-state index is -0.498. The van der Waals surface area contributed by atoms with Crippen LogP contribution in [0.3, 0.4) is 0 Å². The lowest BCUT2D eigenvalue weighted by Crippen LogP contribution is -2.30. The van der Waals surface area contributed by atoms with Gasteiger partial charge in [-0.1, -0.05) is 6.92 Å². The summed E-state index contributed by atoms with van der Waals surface area (Å²) in [6.07, 6.45) is 0.699. The molecule has 0 spiro atoms. The maximum Gasteiger partial charge on any atom is 0.223 e. The zero-order valence-electron chi connectivity index (χ0n) is 13.3. The van der Waals surface area contributed by atoms with Gasteiger partial charge in [0, 0.05) is 45.1 Å². The summed E-state index contributed by atoms with van der Waals surface area (Å²) in [6, 6.07) is 1.26. The first kappa shape index (κ1) is 18.6. The molecule has 0 aliphatic carbocycles. The summed E-state index contributed by atoms with van der Waals surface area (Å²) in [5.74, 6) is -0.300. The molecule has 7 heteroatoms. The Morgan fingerprint density at radius 3 is 2.64 bits per heavy atom. The summed E-state index contributed by atoms with van der Waals surface area (Å²) in [5.41, 5.74) is 0.430. The van der Waals surface area contributed by atoms with Crippen LogP contribution in [0.1, 0.15) is 24.7 Å². The van der Waals surface area contributed by atoms with Crippen LogP contribution in [0.5, 0.6) is 5.75 Å². The molecule has 0 bridgehead atoms. The van der Waals surface area contributed by atoms with Crippen molar-refractivity contribution in [1.29, 1.82) is 0 Å². The zero-order chi connectivity index (χ0) is 16.5. The van der Waals surface area contributed by atoms with Crippen molar-refractivity contribution >= 4 is 0 Å². The molecule has 0 amide bonds. The van der Waals surface area contributed by atoms with Crippen molar-refractivity contribution in [2.24, 2.45) is 0 Å². The highest BCUT2D eigenvalue weighted by molar-refractivity contribution is 5.30. The van der Waals surface area contributed by atoms with E-state index in [4.69, 9.17) is 9.84 Å². The molecular weight excluding hydrogens is 288 g/mol. The summed E-state index contributed by atoms with van der Waals surface area (Å²) < 4.78 is 6.79. The predicted molar refractivity (Wildman–Crippen MR) is 82.8 cm³/mol. The van der Waals surface area contributed by atoms with E-state index in [1.54, 1.807) is 11.7 Å². The van der Waals surface area contributed by atoms with Crippen LogP contribution in [0.25, 0.3) is 0 Å². The Labute approximate surface area is 130 Å². The number of aromatic nitrogens is 1. The van der Waals surface area contributed by atoms with E-state index >= 15 is 0 Å². The number of likely N-dealkylation sites (N-methyl/N-ethyl adjacent to an activating group) is 1. The second kappa shape index (κ2) is 9.58. The Hall–Kier alpha value is -1.41. The van der Waals surface area contributed by atoms with Gasteiger partial charge < -0.3 is 24.6 Å². The van der Waals surface area contributed by atoms with Gasteiger partial charge in [-0.05, 0) is 13.0 Å². The van der Waals surface area contributed by atoms with Gasteiger partial charge in [0.05, 0.1) is 18.9 Å². The number of methoxy groups -OCH3 is 1. The van der Waals surface area contributed by atoms with E-state index in [9.17, 15) is 15.0 Å². The largest absolute Gasteiger partial charge is 0.503 e. The third kappa shape index (κ3) is 4.81. The summed E-state index contributed by atoms with van der Waals surface area (Å²) >= 11 is 0. The first-order valence-corrected chi connectivity index (χ1v) is 7.46. The van der Waals surface area contributed by atoms with Crippen molar-refractivity contribution < 1.29 is 20.1 Å². The van der Waals surface area contributed by atoms with E-state index < -0.39 is 5.43 Å². The molecule has 0 fully saturated rings. The molecule has 1 heterocycles. The molecule has 7 nitrogen and oxygen atoms in total. The van der Waals surface area contributed by atoms with Gasteiger partial charge in [0.2, 0.25) is 5.43 Å². The zero-order valence-corrected chi connectivity index (χ0v) is 13.3. The topological polar surface area (TPSA) is 95.2 Å². The third-order valence-corrected chi connectivity index (χ3v) is 3.61. The highest BCUT2D eigenvalue weighted by Gasteiger charge is 2.17. The fraction of sp³-hybridized carbons (Fsp3) is 0.667. The van der Waals surface area contributed by atoms with Gasteiger partial charge in [0.15, 0.2) is 5.75 Å². The van der Waals surface area contributed by atoms with Crippen LogP contribution >= 0.6 is 0 Å². The van der Waals surface area contributed by atoms with E-state index in [1.807, 2.05) is 11.8 Å². The van der Waals surface area contributed by atoms with E-state index in [-0.39, 0.29) is 19.0 Å². The Morgan fingerprint density at radius 2 is 2.09 bits per heavy atom. The number of aliphatic hydroxyl groups excluding tert-OH is 2. The standard InChI is InChI=1S/C15H26N2O5/c1-3-16(6-7-18)10-13-15(21)14(20)9-12(11-19)17(13)5-4-8-22-2/h9,18-19,21H,3-8,10-11H2,1-2H3. The molecule has 1 rings (SSSR count). The number of hydrogen-bond acceptors (Lipinski definition) is 6. The molecule has 0 aliphatic heterocycles. The first-order chi connectivity index (χ1) is 10.6. The van der Waals surface area contributed by atoms with Crippen LogP contribution in [0.15, 0.2) is 10.9 Å². The lowest BCUT2D eigenvalue weighted by atomic mass is 10.2. The lowest BCUT2D eigenvalue weighted by molar-refractivity contribution is 0.181. The molecule has 0 unspecified atom stereocenters. The van der Waals surface area contributed by atoms with Crippen LogP contribution in [0.4, 0.5) is 0 Å². The molecular formula is C15H26N2O5. The predicted octanol–water partition coefficient (Wildman–Crippen LogP) is -0.103. The number of aliphatic hydroxyl groups is 2. The molecule has 0 saturated heterocycles. The number of hydrogen-bond donors (Lipinski definition) is 3. The number of aromatic hydroxyl groups is 1. The van der Waals surface area contributed by atoms with Gasteiger partial charge in [0.1, 0.15) is 0 Å². The van der Waals surface area contributed by atoms with Crippen LogP contribution in [-0.4, -0.2) is 58.2 Å². The van der Waals surface area contributed by atoms with Gasteiger partial charge in [-0.15, -0.1) is 0 Å². The maximum absolute atomic E-state index is 11.9. The number of rotatable bonds is 10. The van der Waals surface area contributed by atoms with Gasteiger partial charge in [-0.2, -0.15) is 0 Å². The van der Waals surface area contributed by atoms with Crippen molar-refractivity contribution in [3.05, 3.63) is 27.7 Å². The summed E-state index contributed by atoms with van der Waals surface area (Å²) in [6.45, 7) is 4.20. The van der Waals surface area contributed by atoms with Crippen molar-refractivity contribution in [1.82, 2.24) is 9.47 Å². The van der Waals surface area contributed by atoms with E-state index in [1.165, 1.54) is 6.07 Å². The smallest absolute Gasteiger partial charge is 0.223 e. The molecule has 1 aromatic heterocycles. The Bertz CT molecular complexity index is 515. The van der Waals surface area contributed by atoms with Crippen molar-refractivity contribution in [2.75, 3.05) is 33.4 Å². The summed E-state index contributed by atoms with van der Waals surface area (Å²) in [7, 11) is 1.61. The van der Waals surface area contributed by atoms with E-state index in [0.29, 0.717) is 50.6 Å². The van der Waals surface area contributed by atoms with Gasteiger partial charge in [-0.25, -0.2) is 0 Å². The summed E-state index contributed by atoms with van der Waals surface area (Å²) in [4.78, 5) is 13.8. The normalized spacial score (nSPS) is 11.3. The number of pyridine rings is 1. The van der Waals surface area contributed by atoms with Crippen molar-refractivity contribution in [3.63, 3.8) is 0 Å². The molecule has 0 aliphatic rings. The monoisotopic (exact) mass is 314 g/mol. The minimum absolute atomic E-state index is 0.00218. The molecule has 126 valence electrons. The van der Waals surface area contributed by atoms with E-state index in [2.05, 4.69) is 0 Å². The Balaban J connectivity index is 3.18. The average molecular weight is 314 g/mol. The van der Waals surface area contributed by atoms with Gasteiger partial charge in [0.25, 0.3) is 0 Å². The van der Waals surface area contributed by atoms with Gasteiger partial charge >= 0.3 is 0 Å². The quantitative estimate of drug-likeness (QED) is 0.522. The van der Waals surface area contributed by atoms with Crippen LogP contribution in [-0.2, 0) is 24.4 Å². The molecule has 1 aromatic rings. The third-order valence-electron chi connectivity index (χ3n) is 3.61. The van der Waals surface area contributed by atoms with Gasteiger partial charge in [-0.3, -0.25) is 9.69 Å². The SMILES string of the molecule is CCN(CCO)Cc1c(O)c(=O)cc(CO)n1CCCOC. The highest BCUT2D eigenvalue weighted by atomic mass is 16.5. The van der Waals surface area contributed by atoms with Crippen molar-refractivity contribution in [3.8, 4) is 5.75 Å². The molecule has 0 radical (unpaired) electrons. The fourth-order valence-corrected chi connectivity index (χ4v) is 2.38. The number of ether oxygens (including phenoxy) is 1. The molecule has 22 heavy (non-hydrogen) atoms. The maximum atomic E-state index is 11.9. The summed E-state index contributed by atoms with van der Waals surface area (Å²) in [5, 5.41) is 28.7. The second-order valence-corrected chi connectivity index (χ2v) is 5.04. The molecule has 0 atom stereocenters. The molecule has 0 aromatic carbocycles. The van der Waals surface area contributed by atoms with Crippen LogP contribution in [0.2, 0.25) is 0 Å². The fourth-order valence-electron chi connectivity index (χ4n) is 2.38.